The number of rotatable bonds is 7. The lowest BCUT2D eigenvalue weighted by Crippen LogP contribution is -2.10. The molecule has 0 fully saturated rings. The Bertz CT molecular complexity index is 749. The molecule has 0 radical (unpaired) electrons. The summed E-state index contributed by atoms with van der Waals surface area (Å²) in [4.78, 5) is 23.2. The highest BCUT2D eigenvalue weighted by atomic mass is 16.6. The Balaban J connectivity index is 1.97. The third-order valence-corrected chi connectivity index (χ3v) is 3.11. The van der Waals surface area contributed by atoms with E-state index in [9.17, 15) is 19.8 Å². The van der Waals surface area contributed by atoms with E-state index >= 15 is 0 Å². The first-order valence-corrected chi connectivity index (χ1v) is 7.10. The van der Waals surface area contributed by atoms with Gasteiger partial charge in [-0.05, 0) is 36.4 Å². The van der Waals surface area contributed by atoms with Gasteiger partial charge in [-0.3, -0.25) is 4.79 Å². The van der Waals surface area contributed by atoms with E-state index in [-0.39, 0.29) is 36.1 Å². The Morgan fingerprint density at radius 1 is 1.04 bits per heavy atom. The van der Waals surface area contributed by atoms with Crippen molar-refractivity contribution in [1.82, 2.24) is 0 Å². The molecule has 0 aliphatic heterocycles. The minimum Gasteiger partial charge on any atom is -0.508 e. The standard InChI is InChI=1S/C18H16O6/c1-2-17(21)24-10-9-23-14-6-3-12(4-7-14)18(22)15-8-5-13(19)11-16(15)20/h2-8,11,19-20H,1,9-10H2. The number of phenolic OH excluding ortho intramolecular Hbond substituents is 2. The van der Waals surface area contributed by atoms with Gasteiger partial charge in [0.15, 0.2) is 5.78 Å². The molecule has 2 N–H and O–H groups in total. The number of aromatic hydroxyl groups is 2. The van der Waals surface area contributed by atoms with Crippen LogP contribution >= 0.6 is 0 Å². The molecule has 0 unspecified atom stereocenters. The maximum atomic E-state index is 12.3. The summed E-state index contributed by atoms with van der Waals surface area (Å²) in [7, 11) is 0. The topological polar surface area (TPSA) is 93.1 Å². The molecule has 0 spiro atoms. The molecule has 0 heterocycles. The molecule has 0 aliphatic carbocycles. The predicted octanol–water partition coefficient (Wildman–Crippen LogP) is 2.44. The van der Waals surface area contributed by atoms with Crippen LogP contribution in [0.2, 0.25) is 0 Å². The van der Waals surface area contributed by atoms with Crippen LogP contribution in [0.15, 0.2) is 55.1 Å². The van der Waals surface area contributed by atoms with Gasteiger partial charge < -0.3 is 19.7 Å². The third kappa shape index (κ3) is 4.36. The van der Waals surface area contributed by atoms with Gasteiger partial charge in [-0.2, -0.15) is 0 Å². The Morgan fingerprint density at radius 2 is 1.75 bits per heavy atom. The third-order valence-electron chi connectivity index (χ3n) is 3.11. The van der Waals surface area contributed by atoms with Crippen LogP contribution in [0.1, 0.15) is 15.9 Å². The molecular weight excluding hydrogens is 312 g/mol. The first kappa shape index (κ1) is 17.1. The highest BCUT2D eigenvalue weighted by Gasteiger charge is 2.14. The van der Waals surface area contributed by atoms with E-state index in [0.29, 0.717) is 11.3 Å². The Morgan fingerprint density at radius 3 is 2.38 bits per heavy atom. The van der Waals surface area contributed by atoms with Gasteiger partial charge in [0.1, 0.15) is 30.5 Å². The zero-order valence-electron chi connectivity index (χ0n) is 12.8. The number of hydrogen-bond acceptors (Lipinski definition) is 6. The lowest BCUT2D eigenvalue weighted by Gasteiger charge is -2.08. The van der Waals surface area contributed by atoms with E-state index in [1.807, 2.05) is 0 Å². The van der Waals surface area contributed by atoms with E-state index < -0.39 is 5.97 Å². The minimum absolute atomic E-state index is 0.0902. The van der Waals surface area contributed by atoms with Gasteiger partial charge in [0.25, 0.3) is 0 Å². The van der Waals surface area contributed by atoms with E-state index in [1.165, 1.54) is 12.1 Å². The summed E-state index contributed by atoms with van der Waals surface area (Å²) in [5.74, 6) is -0.794. The molecule has 0 saturated carbocycles. The molecule has 24 heavy (non-hydrogen) atoms. The molecule has 0 bridgehead atoms. The van der Waals surface area contributed by atoms with Crippen LogP contribution < -0.4 is 4.74 Å². The number of hydrogen-bond donors (Lipinski definition) is 2. The summed E-state index contributed by atoms with van der Waals surface area (Å²) in [6.45, 7) is 3.54. The van der Waals surface area contributed by atoms with Gasteiger partial charge in [-0.25, -0.2) is 4.79 Å². The van der Waals surface area contributed by atoms with Crippen molar-refractivity contribution in [3.8, 4) is 17.2 Å². The molecule has 0 aliphatic rings. The molecule has 0 amide bonds. The van der Waals surface area contributed by atoms with Gasteiger partial charge >= 0.3 is 5.97 Å². The molecule has 6 nitrogen and oxygen atoms in total. The zero-order valence-corrected chi connectivity index (χ0v) is 12.8. The number of ether oxygens (including phenoxy) is 2. The smallest absolute Gasteiger partial charge is 0.330 e. The van der Waals surface area contributed by atoms with Crippen molar-refractivity contribution >= 4 is 11.8 Å². The Labute approximate surface area is 138 Å². The average molecular weight is 328 g/mol. The molecule has 2 aromatic rings. The number of benzene rings is 2. The average Bonchev–Trinajstić information content (AvgIpc) is 2.58. The monoisotopic (exact) mass is 328 g/mol. The second-order valence-corrected chi connectivity index (χ2v) is 4.78. The number of ketones is 1. The highest BCUT2D eigenvalue weighted by Crippen LogP contribution is 2.25. The van der Waals surface area contributed by atoms with Gasteiger partial charge in [0.05, 0.1) is 5.56 Å². The van der Waals surface area contributed by atoms with Crippen LogP contribution in [-0.2, 0) is 9.53 Å². The molecule has 0 aromatic heterocycles. The van der Waals surface area contributed by atoms with E-state index in [2.05, 4.69) is 6.58 Å². The van der Waals surface area contributed by atoms with E-state index in [0.717, 1.165) is 12.1 Å². The lowest BCUT2D eigenvalue weighted by molar-refractivity contribution is -0.138. The van der Waals surface area contributed by atoms with Crippen LogP contribution in [0.25, 0.3) is 0 Å². The van der Waals surface area contributed by atoms with Crippen molar-refractivity contribution in [3.05, 3.63) is 66.2 Å². The molecule has 2 rings (SSSR count). The van der Waals surface area contributed by atoms with Crippen molar-refractivity contribution in [2.75, 3.05) is 13.2 Å². The fraction of sp³-hybridized carbons (Fsp3) is 0.111. The summed E-state index contributed by atoms with van der Waals surface area (Å²) in [5.41, 5.74) is 0.458. The van der Waals surface area contributed by atoms with Gasteiger partial charge in [-0.15, -0.1) is 0 Å². The highest BCUT2D eigenvalue weighted by molar-refractivity contribution is 6.10. The first-order valence-electron chi connectivity index (χ1n) is 7.10. The molecule has 0 atom stereocenters. The largest absolute Gasteiger partial charge is 0.508 e. The lowest BCUT2D eigenvalue weighted by atomic mass is 10.0. The normalized spacial score (nSPS) is 10.0. The Hall–Kier alpha value is -3.28. The fourth-order valence-electron chi connectivity index (χ4n) is 1.93. The van der Waals surface area contributed by atoms with Gasteiger partial charge in [0, 0.05) is 17.7 Å². The molecule has 0 saturated heterocycles. The van der Waals surface area contributed by atoms with Crippen LogP contribution in [0.4, 0.5) is 0 Å². The van der Waals surface area contributed by atoms with Crippen LogP contribution in [0.3, 0.4) is 0 Å². The van der Waals surface area contributed by atoms with Crippen molar-refractivity contribution in [3.63, 3.8) is 0 Å². The molecule has 2 aromatic carbocycles. The van der Waals surface area contributed by atoms with Crippen molar-refractivity contribution in [1.29, 1.82) is 0 Å². The Kier molecular flexibility index (Phi) is 5.57. The van der Waals surface area contributed by atoms with Gasteiger partial charge in [0.2, 0.25) is 0 Å². The number of carbonyl (C=O) groups excluding carboxylic acids is 2. The van der Waals surface area contributed by atoms with Gasteiger partial charge in [-0.1, -0.05) is 6.58 Å². The summed E-state index contributed by atoms with van der Waals surface area (Å²) in [5, 5.41) is 19.0. The van der Waals surface area contributed by atoms with Crippen molar-refractivity contribution in [2.45, 2.75) is 0 Å². The van der Waals surface area contributed by atoms with E-state index in [4.69, 9.17) is 9.47 Å². The van der Waals surface area contributed by atoms with Crippen molar-refractivity contribution < 1.29 is 29.3 Å². The fourth-order valence-corrected chi connectivity index (χ4v) is 1.93. The number of esters is 1. The summed E-state index contributed by atoms with van der Waals surface area (Å²) < 4.78 is 10.1. The second-order valence-electron chi connectivity index (χ2n) is 4.78. The first-order chi connectivity index (χ1) is 11.5. The van der Waals surface area contributed by atoms with Crippen LogP contribution in [-0.4, -0.2) is 35.2 Å². The second kappa shape index (κ2) is 7.82. The van der Waals surface area contributed by atoms with Crippen LogP contribution in [0.5, 0.6) is 17.2 Å². The van der Waals surface area contributed by atoms with Crippen molar-refractivity contribution in [2.24, 2.45) is 0 Å². The molecule has 124 valence electrons. The number of carbonyl (C=O) groups is 2. The number of phenols is 2. The molecule has 6 heteroatoms. The summed E-state index contributed by atoms with van der Waals surface area (Å²) in [6, 6.07) is 10.1. The summed E-state index contributed by atoms with van der Waals surface area (Å²) >= 11 is 0. The maximum Gasteiger partial charge on any atom is 0.330 e. The summed E-state index contributed by atoms with van der Waals surface area (Å²) in [6.07, 6.45) is 1.07. The van der Waals surface area contributed by atoms with E-state index in [1.54, 1.807) is 24.3 Å². The quantitative estimate of drug-likeness (QED) is 0.351. The predicted molar refractivity (Wildman–Crippen MR) is 86.3 cm³/mol. The molecular formula is C18H16O6. The maximum absolute atomic E-state index is 12.3. The zero-order chi connectivity index (χ0) is 17.5. The SMILES string of the molecule is C=CC(=O)OCCOc1ccc(C(=O)c2ccc(O)cc2O)cc1. The minimum atomic E-state index is -0.520. The van der Waals surface area contributed by atoms with Crippen LogP contribution in [0, 0.1) is 0 Å².